The lowest BCUT2D eigenvalue weighted by molar-refractivity contribution is -0.144. The van der Waals surface area contributed by atoms with Crippen molar-refractivity contribution in [1.29, 1.82) is 0 Å². The maximum absolute atomic E-state index is 12.7. The van der Waals surface area contributed by atoms with Crippen LogP contribution in [0.4, 0.5) is 5.69 Å². The van der Waals surface area contributed by atoms with Crippen molar-refractivity contribution in [2.45, 2.75) is 38.5 Å². The van der Waals surface area contributed by atoms with Crippen molar-refractivity contribution in [2.24, 2.45) is 5.41 Å². The third-order valence-corrected chi connectivity index (χ3v) is 5.20. The summed E-state index contributed by atoms with van der Waals surface area (Å²) in [6, 6.07) is 7.20. The van der Waals surface area contributed by atoms with E-state index in [-0.39, 0.29) is 30.7 Å². The largest absolute Gasteiger partial charge is 0.324 e. The smallest absolute Gasteiger partial charge is 0.244 e. The molecule has 0 atom stereocenters. The van der Waals surface area contributed by atoms with Gasteiger partial charge in [0.25, 0.3) is 0 Å². The Morgan fingerprint density at radius 3 is 2.65 bits per heavy atom. The normalized spacial score (nSPS) is 20.1. The molecule has 1 aromatic rings. The van der Waals surface area contributed by atoms with Crippen LogP contribution in [0.2, 0.25) is 0 Å². The van der Waals surface area contributed by atoms with Gasteiger partial charge >= 0.3 is 0 Å². The van der Waals surface area contributed by atoms with Crippen LogP contribution in [0.3, 0.4) is 0 Å². The lowest BCUT2D eigenvalue weighted by atomic mass is 9.73. The van der Waals surface area contributed by atoms with Gasteiger partial charge in [0.05, 0.1) is 5.41 Å². The molecule has 0 radical (unpaired) electrons. The van der Waals surface area contributed by atoms with Crippen LogP contribution >= 0.6 is 15.9 Å². The van der Waals surface area contributed by atoms with Crippen molar-refractivity contribution in [3.8, 4) is 0 Å². The van der Waals surface area contributed by atoms with Crippen molar-refractivity contribution in [1.82, 2.24) is 4.90 Å². The molecule has 0 aromatic heterocycles. The van der Waals surface area contributed by atoms with E-state index in [2.05, 4.69) is 21.2 Å². The molecule has 1 N–H and O–H groups in total. The SMILES string of the molecule is O=C(CN1C(=O)CC2(CCCCC2)C1=O)Nc1cccc(Br)c1. The first-order valence-electron chi connectivity index (χ1n) is 7.90. The summed E-state index contributed by atoms with van der Waals surface area (Å²) in [6.45, 7) is -0.202. The first-order chi connectivity index (χ1) is 11.0. The Hall–Kier alpha value is -1.69. The van der Waals surface area contributed by atoms with Crippen LogP contribution in [0, 0.1) is 5.41 Å². The number of carbonyl (C=O) groups excluding carboxylic acids is 3. The number of imide groups is 1. The zero-order valence-electron chi connectivity index (χ0n) is 12.8. The van der Waals surface area contributed by atoms with E-state index in [0.29, 0.717) is 5.69 Å². The quantitative estimate of drug-likeness (QED) is 0.821. The van der Waals surface area contributed by atoms with Gasteiger partial charge < -0.3 is 5.32 Å². The van der Waals surface area contributed by atoms with Crippen LogP contribution in [0.25, 0.3) is 0 Å². The first-order valence-corrected chi connectivity index (χ1v) is 8.70. The van der Waals surface area contributed by atoms with Crippen molar-refractivity contribution in [3.63, 3.8) is 0 Å². The number of halogens is 1. The summed E-state index contributed by atoms with van der Waals surface area (Å²) in [7, 11) is 0. The summed E-state index contributed by atoms with van der Waals surface area (Å²) in [5.74, 6) is -0.731. The molecular weight excluding hydrogens is 360 g/mol. The second kappa shape index (κ2) is 6.43. The molecule has 3 rings (SSSR count). The highest BCUT2D eigenvalue weighted by molar-refractivity contribution is 9.10. The molecule has 23 heavy (non-hydrogen) atoms. The minimum Gasteiger partial charge on any atom is -0.324 e. The van der Waals surface area contributed by atoms with Crippen molar-refractivity contribution < 1.29 is 14.4 Å². The second-order valence-electron chi connectivity index (χ2n) is 6.36. The van der Waals surface area contributed by atoms with E-state index >= 15 is 0 Å². The summed E-state index contributed by atoms with van der Waals surface area (Å²) < 4.78 is 0.852. The Morgan fingerprint density at radius 2 is 1.96 bits per heavy atom. The lowest BCUT2D eigenvalue weighted by Crippen LogP contribution is -2.41. The van der Waals surface area contributed by atoms with E-state index in [1.54, 1.807) is 12.1 Å². The Labute approximate surface area is 143 Å². The number of likely N-dealkylation sites (tertiary alicyclic amines) is 1. The number of hydrogen-bond donors (Lipinski definition) is 1. The fourth-order valence-electron chi connectivity index (χ4n) is 3.55. The third kappa shape index (κ3) is 3.32. The molecule has 1 aliphatic heterocycles. The molecule has 0 unspecified atom stereocenters. The molecular formula is C17H19BrN2O3. The van der Waals surface area contributed by atoms with E-state index in [1.807, 2.05) is 12.1 Å². The standard InChI is InChI=1S/C17H19BrN2O3/c18-12-5-4-6-13(9-12)19-14(21)11-20-15(22)10-17(16(20)23)7-2-1-3-8-17/h4-6,9H,1-3,7-8,10-11H2,(H,19,21). The molecule has 2 fully saturated rings. The molecule has 1 aromatic carbocycles. The predicted octanol–water partition coefficient (Wildman–Crippen LogP) is 3.10. The van der Waals surface area contributed by atoms with Gasteiger partial charge in [-0.05, 0) is 31.0 Å². The van der Waals surface area contributed by atoms with E-state index in [0.717, 1.165) is 41.5 Å². The van der Waals surface area contributed by atoms with E-state index in [1.165, 1.54) is 0 Å². The van der Waals surface area contributed by atoms with Crippen LogP contribution in [0.1, 0.15) is 38.5 Å². The van der Waals surface area contributed by atoms with Gasteiger partial charge in [-0.25, -0.2) is 0 Å². The fraction of sp³-hybridized carbons (Fsp3) is 0.471. The summed E-state index contributed by atoms with van der Waals surface area (Å²) in [5, 5.41) is 2.73. The molecule has 1 spiro atoms. The van der Waals surface area contributed by atoms with E-state index < -0.39 is 5.41 Å². The molecule has 3 amide bonds. The molecule has 5 nitrogen and oxygen atoms in total. The third-order valence-electron chi connectivity index (χ3n) is 4.71. The molecule has 122 valence electrons. The highest BCUT2D eigenvalue weighted by Gasteiger charge is 2.51. The maximum atomic E-state index is 12.7. The monoisotopic (exact) mass is 378 g/mol. The van der Waals surface area contributed by atoms with Gasteiger partial charge in [0, 0.05) is 16.6 Å². The van der Waals surface area contributed by atoms with Crippen LogP contribution in [0.5, 0.6) is 0 Å². The Kier molecular flexibility index (Phi) is 4.53. The van der Waals surface area contributed by atoms with Crippen LogP contribution in [-0.2, 0) is 14.4 Å². The van der Waals surface area contributed by atoms with Gasteiger partial charge in [-0.3, -0.25) is 19.3 Å². The number of nitrogens with one attached hydrogen (secondary N) is 1. The number of nitrogens with zero attached hydrogens (tertiary/aromatic N) is 1. The maximum Gasteiger partial charge on any atom is 0.244 e. The van der Waals surface area contributed by atoms with Crippen LogP contribution < -0.4 is 5.32 Å². The average molecular weight is 379 g/mol. The van der Waals surface area contributed by atoms with Gasteiger partial charge in [-0.1, -0.05) is 41.3 Å². The molecule has 1 saturated heterocycles. The predicted molar refractivity (Wildman–Crippen MR) is 89.6 cm³/mol. The molecule has 2 aliphatic rings. The van der Waals surface area contributed by atoms with Crippen molar-refractivity contribution in [2.75, 3.05) is 11.9 Å². The van der Waals surface area contributed by atoms with Crippen molar-refractivity contribution >= 4 is 39.3 Å². The Morgan fingerprint density at radius 1 is 1.22 bits per heavy atom. The number of hydrogen-bond acceptors (Lipinski definition) is 3. The van der Waals surface area contributed by atoms with Gasteiger partial charge in [0.1, 0.15) is 6.54 Å². The topological polar surface area (TPSA) is 66.5 Å². The summed E-state index contributed by atoms with van der Waals surface area (Å²) in [6.07, 6.45) is 4.87. The van der Waals surface area contributed by atoms with Gasteiger partial charge in [0.2, 0.25) is 17.7 Å². The first kappa shape index (κ1) is 16.2. The fourth-order valence-corrected chi connectivity index (χ4v) is 3.95. The zero-order valence-corrected chi connectivity index (χ0v) is 14.4. The highest BCUT2D eigenvalue weighted by atomic mass is 79.9. The summed E-state index contributed by atoms with van der Waals surface area (Å²) >= 11 is 3.34. The molecule has 1 aliphatic carbocycles. The van der Waals surface area contributed by atoms with Gasteiger partial charge in [-0.2, -0.15) is 0 Å². The van der Waals surface area contributed by atoms with Gasteiger partial charge in [0.15, 0.2) is 0 Å². The lowest BCUT2D eigenvalue weighted by Gasteiger charge is -2.30. The number of benzene rings is 1. The number of amides is 3. The molecule has 6 heteroatoms. The minimum absolute atomic E-state index is 0.161. The molecule has 1 heterocycles. The van der Waals surface area contributed by atoms with Crippen molar-refractivity contribution in [3.05, 3.63) is 28.7 Å². The summed E-state index contributed by atoms with van der Waals surface area (Å²) in [5.41, 5.74) is 0.0987. The summed E-state index contributed by atoms with van der Waals surface area (Å²) in [4.78, 5) is 38.2. The number of anilines is 1. The highest BCUT2D eigenvalue weighted by Crippen LogP contribution is 2.45. The zero-order chi connectivity index (χ0) is 16.4. The molecule has 0 bridgehead atoms. The van der Waals surface area contributed by atoms with E-state index in [4.69, 9.17) is 0 Å². The average Bonchev–Trinajstić information content (AvgIpc) is 2.72. The second-order valence-corrected chi connectivity index (χ2v) is 7.28. The Bertz CT molecular complexity index is 653. The van der Waals surface area contributed by atoms with E-state index in [9.17, 15) is 14.4 Å². The number of carbonyl (C=O) groups is 3. The number of rotatable bonds is 3. The van der Waals surface area contributed by atoms with Crippen LogP contribution in [-0.4, -0.2) is 29.2 Å². The van der Waals surface area contributed by atoms with Crippen LogP contribution in [0.15, 0.2) is 28.7 Å². The Balaban J connectivity index is 1.66. The molecule has 1 saturated carbocycles. The van der Waals surface area contributed by atoms with Gasteiger partial charge in [-0.15, -0.1) is 0 Å². The minimum atomic E-state index is -0.536.